The predicted molar refractivity (Wildman–Crippen MR) is 151 cm³/mol. The van der Waals surface area contributed by atoms with Gasteiger partial charge in [0.05, 0.1) is 12.6 Å². The molecule has 0 aliphatic carbocycles. The van der Waals surface area contributed by atoms with Crippen molar-refractivity contribution in [2.24, 2.45) is 5.41 Å². The summed E-state index contributed by atoms with van der Waals surface area (Å²) in [4.78, 5) is 30.4. The Morgan fingerprint density at radius 2 is 1.66 bits per heavy atom. The molecule has 1 heterocycles. The Labute approximate surface area is 228 Å². The second-order valence-corrected chi connectivity index (χ2v) is 10.4. The molecule has 2 aromatic carbocycles. The van der Waals surface area contributed by atoms with Crippen LogP contribution in [0.25, 0.3) is 0 Å². The molecule has 7 nitrogen and oxygen atoms in total. The first-order chi connectivity index (χ1) is 18.2. The molecule has 2 aromatic rings. The van der Waals surface area contributed by atoms with Crippen molar-refractivity contribution < 1.29 is 19.1 Å². The number of urea groups is 1. The van der Waals surface area contributed by atoms with E-state index in [2.05, 4.69) is 31.1 Å². The number of methoxy groups -OCH3 is 1. The van der Waals surface area contributed by atoms with Gasteiger partial charge in [0.15, 0.2) is 6.23 Å². The molecule has 0 saturated carbocycles. The maximum absolute atomic E-state index is 13.5. The van der Waals surface area contributed by atoms with Crippen molar-refractivity contribution in [2.45, 2.75) is 78.6 Å². The fourth-order valence-electron chi connectivity index (χ4n) is 5.16. The minimum atomic E-state index is -0.714. The fraction of sp³-hybridized carbons (Fsp3) is 0.548. The number of nitrogens with zero attached hydrogens (tertiary/aromatic N) is 2. The third kappa shape index (κ3) is 6.21. The molecule has 0 unspecified atom stereocenters. The van der Waals surface area contributed by atoms with Crippen LogP contribution in [0.3, 0.4) is 0 Å². The highest BCUT2D eigenvalue weighted by atomic mass is 16.5. The molecule has 3 amide bonds. The number of β-lactam (4-membered cyclic amide) rings is 1. The predicted octanol–water partition coefficient (Wildman–Crippen LogP) is 6.24. The van der Waals surface area contributed by atoms with Gasteiger partial charge in [0.1, 0.15) is 11.2 Å². The van der Waals surface area contributed by atoms with E-state index in [4.69, 9.17) is 9.47 Å². The Bertz CT molecular complexity index is 1050. The quantitative estimate of drug-likeness (QED) is 0.315. The zero-order chi connectivity index (χ0) is 27.9. The van der Waals surface area contributed by atoms with Gasteiger partial charge in [0.25, 0.3) is 0 Å². The number of carbonyl (C=O) groups excluding carboxylic acids is 2. The minimum absolute atomic E-state index is 0.171. The molecule has 7 heteroatoms. The number of nitrogens with one attached hydrogen (secondary N) is 1. The summed E-state index contributed by atoms with van der Waals surface area (Å²) in [7, 11) is 3.78. The van der Waals surface area contributed by atoms with E-state index in [1.807, 2.05) is 69.3 Å². The molecule has 38 heavy (non-hydrogen) atoms. The number of rotatable bonds is 13. The number of aryl methyl sites for hydroxylation is 1. The van der Waals surface area contributed by atoms with Gasteiger partial charge in [-0.15, -0.1) is 0 Å². The van der Waals surface area contributed by atoms with Crippen LogP contribution < -0.4 is 10.1 Å². The first kappa shape index (κ1) is 29.7. The number of carbonyl (C=O) groups is 2. The summed E-state index contributed by atoms with van der Waals surface area (Å²) >= 11 is 0. The maximum atomic E-state index is 13.5. The second kappa shape index (κ2) is 13.3. The van der Waals surface area contributed by atoms with Gasteiger partial charge in [-0.3, -0.25) is 9.69 Å². The van der Waals surface area contributed by atoms with E-state index >= 15 is 0 Å². The topological polar surface area (TPSA) is 71.1 Å². The normalized spacial score (nSPS) is 18.2. The van der Waals surface area contributed by atoms with E-state index in [1.165, 1.54) is 10.5 Å². The van der Waals surface area contributed by atoms with Crippen LogP contribution in [0, 0.1) is 12.3 Å². The number of likely N-dealkylation sites (tertiary alicyclic amines) is 1. The average molecular weight is 524 g/mol. The molecular formula is C31H45N3O4. The third-order valence-electron chi connectivity index (χ3n) is 8.11. The Kier molecular flexibility index (Phi) is 10.3. The smallest absolute Gasteiger partial charge is 0.327 e. The van der Waals surface area contributed by atoms with Gasteiger partial charge in [-0.1, -0.05) is 69.2 Å². The van der Waals surface area contributed by atoms with Crippen molar-refractivity contribution in [1.29, 1.82) is 0 Å². The summed E-state index contributed by atoms with van der Waals surface area (Å²) in [6, 6.07) is 15.8. The Morgan fingerprint density at radius 1 is 1.05 bits per heavy atom. The number of likely N-dealkylation sites (N-methyl/N-ethyl adjacent to an activating group) is 1. The van der Waals surface area contributed by atoms with Crippen LogP contribution in [-0.2, 0) is 9.53 Å². The average Bonchev–Trinajstić information content (AvgIpc) is 2.92. The summed E-state index contributed by atoms with van der Waals surface area (Å²) in [5.41, 5.74) is 2.65. The maximum Gasteiger partial charge on any atom is 0.327 e. The summed E-state index contributed by atoms with van der Waals surface area (Å²) in [6.07, 6.45) is 2.25. The lowest BCUT2D eigenvalue weighted by Gasteiger charge is -2.53. The van der Waals surface area contributed by atoms with Crippen LogP contribution in [0.15, 0.2) is 48.5 Å². The fourth-order valence-corrected chi connectivity index (χ4v) is 5.16. The first-order valence-electron chi connectivity index (χ1n) is 13.9. The van der Waals surface area contributed by atoms with E-state index in [1.54, 1.807) is 7.11 Å². The lowest BCUT2D eigenvalue weighted by molar-refractivity contribution is -0.191. The highest BCUT2D eigenvalue weighted by Gasteiger charge is 2.63. The van der Waals surface area contributed by atoms with Crippen molar-refractivity contribution in [3.8, 4) is 5.75 Å². The Hall–Kier alpha value is -2.90. The zero-order valence-corrected chi connectivity index (χ0v) is 24.1. The standard InChI is InChI=1S/C31H45N3O4/c1-8-11-27(25-14-12-22(4)13-15-25)32-30(36)34-28(35)31(9-2,10-3)29(34)38-26-18-16-24(17-19-26)23(5)33(6)20-21-37-7/h12-19,23,27,29H,8-11,20-21H2,1-7H3,(H,32,36)/t23-,27-,29+/m1/s1. The first-order valence-corrected chi connectivity index (χ1v) is 13.9. The van der Waals surface area contributed by atoms with Gasteiger partial charge in [-0.25, -0.2) is 9.69 Å². The Balaban J connectivity index is 1.78. The van der Waals surface area contributed by atoms with Crippen LogP contribution in [0.4, 0.5) is 4.79 Å². The number of hydrogen-bond donors (Lipinski definition) is 1. The van der Waals surface area contributed by atoms with Gasteiger partial charge >= 0.3 is 6.03 Å². The molecule has 1 saturated heterocycles. The van der Waals surface area contributed by atoms with Crippen LogP contribution >= 0.6 is 0 Å². The molecule has 208 valence electrons. The number of amides is 3. The SMILES string of the molecule is CCC[C@@H](NC(=O)N1C(=O)C(CC)(CC)[C@@H]1Oc1ccc([C@@H](C)N(C)CCOC)cc1)c1ccc(C)cc1. The van der Waals surface area contributed by atoms with Crippen LogP contribution in [0.1, 0.15) is 82.2 Å². The molecule has 0 aromatic heterocycles. The van der Waals surface area contributed by atoms with Crippen molar-refractivity contribution in [2.75, 3.05) is 27.3 Å². The largest absolute Gasteiger partial charge is 0.469 e. The van der Waals surface area contributed by atoms with Gasteiger partial charge in [-0.05, 0) is 63.4 Å². The molecule has 3 rings (SSSR count). The van der Waals surface area contributed by atoms with Crippen LogP contribution in [0.5, 0.6) is 5.75 Å². The summed E-state index contributed by atoms with van der Waals surface area (Å²) in [5, 5.41) is 3.11. The molecular weight excluding hydrogens is 478 g/mol. The third-order valence-corrected chi connectivity index (χ3v) is 8.11. The minimum Gasteiger partial charge on any atom is -0.469 e. The van der Waals surface area contributed by atoms with Crippen molar-refractivity contribution in [1.82, 2.24) is 15.1 Å². The van der Waals surface area contributed by atoms with E-state index < -0.39 is 17.7 Å². The summed E-state index contributed by atoms with van der Waals surface area (Å²) in [5.74, 6) is 0.472. The van der Waals surface area contributed by atoms with Gasteiger partial charge in [-0.2, -0.15) is 0 Å². The highest BCUT2D eigenvalue weighted by Crippen LogP contribution is 2.46. The van der Waals surface area contributed by atoms with Crippen molar-refractivity contribution >= 4 is 11.9 Å². The van der Waals surface area contributed by atoms with Gasteiger partial charge in [0, 0.05) is 19.7 Å². The number of hydrogen-bond acceptors (Lipinski definition) is 5. The number of benzene rings is 2. The number of imide groups is 1. The molecule has 0 spiro atoms. The second-order valence-electron chi connectivity index (χ2n) is 10.4. The van der Waals surface area contributed by atoms with Crippen LogP contribution in [0.2, 0.25) is 0 Å². The monoisotopic (exact) mass is 523 g/mol. The highest BCUT2D eigenvalue weighted by molar-refractivity contribution is 6.03. The van der Waals surface area contributed by atoms with E-state index in [0.717, 1.165) is 30.5 Å². The summed E-state index contributed by atoms with van der Waals surface area (Å²) in [6.45, 7) is 11.8. The Morgan fingerprint density at radius 3 is 2.21 bits per heavy atom. The van der Waals surface area contributed by atoms with E-state index in [0.29, 0.717) is 25.2 Å². The van der Waals surface area contributed by atoms with Crippen LogP contribution in [-0.4, -0.2) is 55.3 Å². The van der Waals surface area contributed by atoms with Gasteiger partial charge < -0.3 is 14.8 Å². The zero-order valence-electron chi connectivity index (χ0n) is 24.1. The lowest BCUT2D eigenvalue weighted by atomic mass is 9.72. The molecule has 1 N–H and O–H groups in total. The molecule has 3 atom stereocenters. The lowest BCUT2D eigenvalue weighted by Crippen LogP contribution is -2.73. The molecule has 1 fully saturated rings. The molecule has 0 bridgehead atoms. The van der Waals surface area contributed by atoms with Gasteiger partial charge in [0.2, 0.25) is 5.91 Å². The summed E-state index contributed by atoms with van der Waals surface area (Å²) < 4.78 is 11.6. The molecule has 1 aliphatic heterocycles. The van der Waals surface area contributed by atoms with E-state index in [-0.39, 0.29) is 18.0 Å². The van der Waals surface area contributed by atoms with Crippen molar-refractivity contribution in [3.05, 3.63) is 65.2 Å². The van der Waals surface area contributed by atoms with Crippen molar-refractivity contribution in [3.63, 3.8) is 0 Å². The molecule has 1 aliphatic rings. The van der Waals surface area contributed by atoms with E-state index in [9.17, 15) is 9.59 Å². The molecule has 0 radical (unpaired) electrons. The number of ether oxygens (including phenoxy) is 2.